The van der Waals surface area contributed by atoms with Gasteiger partial charge in [-0.25, -0.2) is 0 Å². The van der Waals surface area contributed by atoms with E-state index in [1.807, 2.05) is 13.8 Å². The van der Waals surface area contributed by atoms with Crippen LogP contribution in [0.25, 0.3) is 0 Å². The number of nitrogens with zero attached hydrogens (tertiary/aromatic N) is 1. The van der Waals surface area contributed by atoms with Crippen molar-refractivity contribution in [2.75, 3.05) is 25.6 Å². The molecule has 0 spiro atoms. The van der Waals surface area contributed by atoms with Crippen molar-refractivity contribution < 1.29 is 14.3 Å². The predicted octanol–water partition coefficient (Wildman–Crippen LogP) is 3.58. The fourth-order valence-corrected chi connectivity index (χ4v) is 3.29. The van der Waals surface area contributed by atoms with Gasteiger partial charge in [0.25, 0.3) is 11.8 Å². The van der Waals surface area contributed by atoms with Crippen LogP contribution in [0.5, 0.6) is 0 Å². The van der Waals surface area contributed by atoms with Gasteiger partial charge in [-0.15, -0.1) is 0 Å². The number of ether oxygens (including phenoxy) is 1. The second kappa shape index (κ2) is 9.16. The van der Waals surface area contributed by atoms with Crippen LogP contribution in [0.15, 0.2) is 22.7 Å². The largest absolute Gasteiger partial charge is 0.383 e. The Kier molecular flexibility index (Phi) is 7.19. The summed E-state index contributed by atoms with van der Waals surface area (Å²) in [6.07, 6.45) is 0. The topological polar surface area (TPSA) is 96.1 Å². The molecule has 0 radical (unpaired) electrons. The van der Waals surface area contributed by atoms with Crippen molar-refractivity contribution in [3.8, 4) is 0 Å². The first-order valence-electron chi connectivity index (χ1n) is 7.97. The number of rotatable bonds is 7. The average molecular weight is 444 g/mol. The molecular formula is C17H20BrClN4O3. The fourth-order valence-electron chi connectivity index (χ4n) is 2.20. The number of H-pyrrole nitrogens is 1. The molecule has 0 aliphatic carbocycles. The van der Waals surface area contributed by atoms with Crippen LogP contribution < -0.4 is 10.6 Å². The van der Waals surface area contributed by atoms with Gasteiger partial charge in [0.15, 0.2) is 5.69 Å². The van der Waals surface area contributed by atoms with Crippen LogP contribution in [0.2, 0.25) is 5.02 Å². The Balaban J connectivity index is 2.09. The molecule has 2 aromatic rings. The predicted molar refractivity (Wildman–Crippen MR) is 104 cm³/mol. The van der Waals surface area contributed by atoms with Crippen LogP contribution in [0.3, 0.4) is 0 Å². The van der Waals surface area contributed by atoms with Crippen molar-refractivity contribution in [3.63, 3.8) is 0 Å². The van der Waals surface area contributed by atoms with Gasteiger partial charge < -0.3 is 15.4 Å². The monoisotopic (exact) mass is 442 g/mol. The van der Waals surface area contributed by atoms with Crippen LogP contribution in [0.4, 0.5) is 5.69 Å². The number of carbonyl (C=O) groups excluding carboxylic acids is 2. The zero-order valence-corrected chi connectivity index (χ0v) is 17.0. The van der Waals surface area contributed by atoms with E-state index in [1.54, 1.807) is 19.2 Å². The van der Waals surface area contributed by atoms with Gasteiger partial charge in [0.1, 0.15) is 0 Å². The van der Waals surface area contributed by atoms with Crippen molar-refractivity contribution in [1.82, 2.24) is 15.5 Å². The minimum Gasteiger partial charge on any atom is -0.383 e. The number of benzene rings is 1. The highest BCUT2D eigenvalue weighted by atomic mass is 79.9. The molecular weight excluding hydrogens is 424 g/mol. The number of anilines is 1. The molecule has 0 bridgehead atoms. The third kappa shape index (κ3) is 4.84. The summed E-state index contributed by atoms with van der Waals surface area (Å²) in [5, 5.41) is 12.6. The molecule has 0 saturated carbocycles. The maximum Gasteiger partial charge on any atom is 0.277 e. The Bertz CT molecular complexity index is 807. The minimum absolute atomic E-state index is 0.198. The molecule has 1 aromatic carbocycles. The Hall–Kier alpha value is -1.90. The molecule has 3 N–H and O–H groups in total. The van der Waals surface area contributed by atoms with Crippen molar-refractivity contribution in [2.45, 2.75) is 19.8 Å². The minimum atomic E-state index is -0.381. The van der Waals surface area contributed by atoms with Gasteiger partial charge in [0, 0.05) is 19.3 Å². The molecule has 26 heavy (non-hydrogen) atoms. The molecule has 0 aliphatic rings. The van der Waals surface area contributed by atoms with Gasteiger partial charge in [-0.05, 0) is 40.0 Å². The third-order valence-electron chi connectivity index (χ3n) is 3.59. The van der Waals surface area contributed by atoms with E-state index >= 15 is 0 Å². The summed E-state index contributed by atoms with van der Waals surface area (Å²) in [6.45, 7) is 4.79. The first-order chi connectivity index (χ1) is 12.3. The van der Waals surface area contributed by atoms with Gasteiger partial charge in [0.05, 0.1) is 27.4 Å². The average Bonchev–Trinajstić information content (AvgIpc) is 2.97. The third-order valence-corrected chi connectivity index (χ3v) is 4.70. The number of halogens is 2. The van der Waals surface area contributed by atoms with E-state index in [2.05, 4.69) is 36.8 Å². The molecule has 0 unspecified atom stereocenters. The molecule has 7 nitrogen and oxygen atoms in total. The van der Waals surface area contributed by atoms with E-state index in [9.17, 15) is 9.59 Å². The quantitative estimate of drug-likeness (QED) is 0.570. The van der Waals surface area contributed by atoms with Gasteiger partial charge in [-0.1, -0.05) is 25.4 Å². The second-order valence-electron chi connectivity index (χ2n) is 5.85. The highest BCUT2D eigenvalue weighted by molar-refractivity contribution is 9.10. The van der Waals surface area contributed by atoms with Gasteiger partial charge in [-0.3, -0.25) is 14.7 Å². The summed E-state index contributed by atoms with van der Waals surface area (Å²) in [6, 6.07) is 4.69. The summed E-state index contributed by atoms with van der Waals surface area (Å²) < 4.78 is 5.51. The zero-order valence-electron chi connectivity index (χ0n) is 14.7. The summed E-state index contributed by atoms with van der Waals surface area (Å²) in [4.78, 5) is 24.5. The first kappa shape index (κ1) is 20.4. The van der Waals surface area contributed by atoms with E-state index in [0.717, 1.165) is 5.69 Å². The Morgan fingerprint density at radius 2 is 2.08 bits per heavy atom. The molecule has 1 aromatic heterocycles. The number of hydrogen-bond acceptors (Lipinski definition) is 4. The van der Waals surface area contributed by atoms with E-state index in [4.69, 9.17) is 16.3 Å². The number of methoxy groups -OCH3 is 1. The number of aromatic nitrogens is 2. The van der Waals surface area contributed by atoms with Crippen LogP contribution in [0.1, 0.15) is 46.3 Å². The highest BCUT2D eigenvalue weighted by Crippen LogP contribution is 2.27. The van der Waals surface area contributed by atoms with E-state index in [-0.39, 0.29) is 28.4 Å². The zero-order chi connectivity index (χ0) is 19.3. The molecule has 2 rings (SSSR count). The van der Waals surface area contributed by atoms with Crippen molar-refractivity contribution in [1.29, 1.82) is 0 Å². The highest BCUT2D eigenvalue weighted by Gasteiger charge is 2.20. The van der Waals surface area contributed by atoms with Gasteiger partial charge >= 0.3 is 0 Å². The Morgan fingerprint density at radius 1 is 1.35 bits per heavy atom. The lowest BCUT2D eigenvalue weighted by molar-refractivity contribution is 0.0936. The number of hydrogen-bond donors (Lipinski definition) is 3. The summed E-state index contributed by atoms with van der Waals surface area (Å²) in [5.41, 5.74) is 1.89. The van der Waals surface area contributed by atoms with Crippen LogP contribution in [0, 0.1) is 0 Å². The smallest absolute Gasteiger partial charge is 0.277 e. The lowest BCUT2D eigenvalue weighted by atomic mass is 10.1. The molecule has 2 amide bonds. The van der Waals surface area contributed by atoms with Crippen molar-refractivity contribution in [3.05, 3.63) is 44.6 Å². The van der Waals surface area contributed by atoms with Crippen molar-refractivity contribution >= 4 is 45.0 Å². The van der Waals surface area contributed by atoms with E-state index in [0.29, 0.717) is 28.9 Å². The van der Waals surface area contributed by atoms with Crippen LogP contribution in [-0.2, 0) is 4.74 Å². The summed E-state index contributed by atoms with van der Waals surface area (Å²) in [5.74, 6) is -0.487. The molecule has 9 heteroatoms. The summed E-state index contributed by atoms with van der Waals surface area (Å²) >= 11 is 9.57. The van der Waals surface area contributed by atoms with Gasteiger partial charge in [-0.2, -0.15) is 5.10 Å². The molecule has 1 heterocycles. The number of amides is 2. The maximum absolute atomic E-state index is 12.4. The molecule has 0 fully saturated rings. The van der Waals surface area contributed by atoms with E-state index < -0.39 is 0 Å². The molecule has 0 atom stereocenters. The van der Waals surface area contributed by atoms with Crippen LogP contribution in [-0.4, -0.2) is 42.3 Å². The van der Waals surface area contributed by atoms with Crippen LogP contribution >= 0.6 is 27.5 Å². The Labute approximate surface area is 165 Å². The lowest BCUT2D eigenvalue weighted by Gasteiger charge is -2.09. The number of aromatic amines is 1. The first-order valence-corrected chi connectivity index (χ1v) is 9.14. The molecule has 0 aliphatic heterocycles. The summed E-state index contributed by atoms with van der Waals surface area (Å²) in [7, 11) is 1.55. The molecule has 140 valence electrons. The molecule has 0 saturated heterocycles. The standard InChI is InChI=1S/C17H20BrClN4O3/c1-9(2)14-13(18)15(23-22-14)17(25)21-10-4-5-11(12(19)8-10)16(24)20-6-7-26-3/h4-5,8-9H,6-7H2,1-3H3,(H,20,24)(H,21,25)(H,22,23). The Morgan fingerprint density at radius 3 is 2.65 bits per heavy atom. The SMILES string of the molecule is COCCNC(=O)c1ccc(NC(=O)c2n[nH]c(C(C)C)c2Br)cc1Cl. The maximum atomic E-state index is 12.4. The van der Waals surface area contributed by atoms with Gasteiger partial charge in [0.2, 0.25) is 0 Å². The van der Waals surface area contributed by atoms with E-state index in [1.165, 1.54) is 6.07 Å². The van der Waals surface area contributed by atoms with Crippen molar-refractivity contribution in [2.24, 2.45) is 0 Å². The lowest BCUT2D eigenvalue weighted by Crippen LogP contribution is -2.27. The number of carbonyl (C=O) groups is 2. The second-order valence-corrected chi connectivity index (χ2v) is 7.05. The normalized spacial score (nSPS) is 10.8. The number of nitrogens with one attached hydrogen (secondary N) is 3. The fraction of sp³-hybridized carbons (Fsp3) is 0.353.